The van der Waals surface area contributed by atoms with Gasteiger partial charge in [0.05, 0.1) is 42.9 Å². The molecule has 2 heterocycles. The van der Waals surface area contributed by atoms with Crippen molar-refractivity contribution in [3.8, 4) is 0 Å². The van der Waals surface area contributed by atoms with Crippen LogP contribution >= 0.6 is 11.6 Å². The van der Waals surface area contributed by atoms with Gasteiger partial charge >= 0.3 is 0 Å². The molecular formula is C30H33Cl2N3O2. The van der Waals surface area contributed by atoms with Crippen LogP contribution in [0.5, 0.6) is 0 Å². The minimum absolute atomic E-state index is 0. The van der Waals surface area contributed by atoms with E-state index in [0.717, 1.165) is 72.9 Å². The van der Waals surface area contributed by atoms with Crippen LogP contribution in [0.1, 0.15) is 54.6 Å². The Morgan fingerprint density at radius 3 is 2.41 bits per heavy atom. The second-order valence-corrected chi connectivity index (χ2v) is 10.3. The van der Waals surface area contributed by atoms with Gasteiger partial charge in [-0.1, -0.05) is 72.3 Å². The zero-order valence-electron chi connectivity index (χ0n) is 20.8. The number of rotatable bonds is 7. The Bertz CT molecular complexity index is 1360. The number of fused-ring (bicyclic) bond motifs is 1. The van der Waals surface area contributed by atoms with E-state index in [4.69, 9.17) is 16.7 Å². The molecule has 3 aromatic carbocycles. The predicted octanol–water partition coefficient (Wildman–Crippen LogP) is 1.38. The average molecular weight is 539 g/mol. The summed E-state index contributed by atoms with van der Waals surface area (Å²) in [7, 11) is 0. The van der Waals surface area contributed by atoms with Gasteiger partial charge in [0.15, 0.2) is 0 Å². The van der Waals surface area contributed by atoms with Gasteiger partial charge in [-0.3, -0.25) is 4.79 Å². The first-order valence-electron chi connectivity index (χ1n) is 12.9. The number of benzene rings is 3. The SMILES string of the molecule is O=c1c2ccccc2c(Cc2ccc(Cl)cc2)nn1C1CCC[NH+](CCC(O)c2ccccc2)CC1.[Cl-]. The highest BCUT2D eigenvalue weighted by Crippen LogP contribution is 2.22. The molecular weight excluding hydrogens is 505 g/mol. The van der Waals surface area contributed by atoms with Crippen molar-refractivity contribution in [2.24, 2.45) is 0 Å². The Kier molecular flexibility index (Phi) is 9.38. The van der Waals surface area contributed by atoms with Crippen molar-refractivity contribution in [3.05, 3.63) is 111 Å². The summed E-state index contributed by atoms with van der Waals surface area (Å²) in [6.45, 7) is 2.95. The Morgan fingerprint density at radius 1 is 0.946 bits per heavy atom. The number of quaternary nitrogens is 1. The maximum atomic E-state index is 13.5. The first-order valence-corrected chi connectivity index (χ1v) is 13.3. The number of aliphatic hydroxyl groups excluding tert-OH is 1. The molecule has 194 valence electrons. The standard InChI is InChI=1S/C30H32ClN3O2.ClH/c31-24-14-12-22(13-15-24)21-28-26-10-4-5-11-27(26)30(36)34(32-28)25-9-6-18-33(19-16-25)20-17-29(35)23-7-2-1-3-8-23;/h1-5,7-8,10-15,25,29,35H,6,9,16-21H2;1H. The first kappa shape index (κ1) is 27.3. The number of hydrogen-bond acceptors (Lipinski definition) is 3. The lowest BCUT2D eigenvalue weighted by atomic mass is 10.0. The zero-order chi connectivity index (χ0) is 24.9. The van der Waals surface area contributed by atoms with Crippen LogP contribution in [-0.2, 0) is 6.42 Å². The van der Waals surface area contributed by atoms with Gasteiger partial charge in [0.2, 0.25) is 0 Å². The summed E-state index contributed by atoms with van der Waals surface area (Å²) in [5, 5.41) is 17.9. The number of halogens is 2. The van der Waals surface area contributed by atoms with E-state index in [1.165, 1.54) is 4.90 Å². The van der Waals surface area contributed by atoms with E-state index in [1.54, 1.807) is 4.68 Å². The highest BCUT2D eigenvalue weighted by molar-refractivity contribution is 6.30. The molecule has 37 heavy (non-hydrogen) atoms. The lowest BCUT2D eigenvalue weighted by molar-refractivity contribution is -0.900. The summed E-state index contributed by atoms with van der Waals surface area (Å²) in [6, 6.07) is 25.6. The smallest absolute Gasteiger partial charge is 0.274 e. The van der Waals surface area contributed by atoms with Crippen LogP contribution in [0.4, 0.5) is 0 Å². The minimum atomic E-state index is -0.432. The Hall–Kier alpha value is -2.70. The summed E-state index contributed by atoms with van der Waals surface area (Å²) in [5.74, 6) is 0. The van der Waals surface area contributed by atoms with Gasteiger partial charge in [0.1, 0.15) is 0 Å². The van der Waals surface area contributed by atoms with Gasteiger partial charge in [-0.05, 0) is 42.2 Å². The molecule has 0 saturated carbocycles. The van der Waals surface area contributed by atoms with Crippen molar-refractivity contribution in [1.82, 2.24) is 9.78 Å². The van der Waals surface area contributed by atoms with Gasteiger partial charge in [-0.25, -0.2) is 4.68 Å². The van der Waals surface area contributed by atoms with Crippen LogP contribution < -0.4 is 22.9 Å². The molecule has 3 atom stereocenters. The van der Waals surface area contributed by atoms with Crippen molar-refractivity contribution in [1.29, 1.82) is 0 Å². The number of likely N-dealkylation sites (tertiary alicyclic amines) is 1. The van der Waals surface area contributed by atoms with Crippen LogP contribution in [0.25, 0.3) is 10.8 Å². The molecule has 0 amide bonds. The van der Waals surface area contributed by atoms with Crippen molar-refractivity contribution >= 4 is 22.4 Å². The fourth-order valence-corrected chi connectivity index (χ4v) is 5.48. The third kappa shape index (κ3) is 6.60. The predicted molar refractivity (Wildman–Crippen MR) is 145 cm³/mol. The average Bonchev–Trinajstić information content (AvgIpc) is 3.16. The molecule has 0 aliphatic carbocycles. The lowest BCUT2D eigenvalue weighted by Crippen LogP contribution is -3.11. The van der Waals surface area contributed by atoms with Gasteiger partial charge in [0, 0.05) is 29.7 Å². The van der Waals surface area contributed by atoms with Crippen LogP contribution in [0.2, 0.25) is 5.02 Å². The summed E-state index contributed by atoms with van der Waals surface area (Å²) in [6.07, 6.45) is 3.84. The van der Waals surface area contributed by atoms with E-state index in [-0.39, 0.29) is 24.0 Å². The quantitative estimate of drug-likeness (QED) is 0.374. The zero-order valence-corrected chi connectivity index (χ0v) is 22.3. The molecule has 4 aromatic rings. The minimum Gasteiger partial charge on any atom is -1.00 e. The summed E-state index contributed by atoms with van der Waals surface area (Å²) < 4.78 is 1.76. The van der Waals surface area contributed by atoms with Crippen LogP contribution in [0.15, 0.2) is 83.7 Å². The van der Waals surface area contributed by atoms with Crippen molar-refractivity contribution in [2.75, 3.05) is 19.6 Å². The summed E-state index contributed by atoms with van der Waals surface area (Å²) in [5.41, 5.74) is 3.02. The highest BCUT2D eigenvalue weighted by Gasteiger charge is 2.24. The van der Waals surface area contributed by atoms with E-state index < -0.39 is 6.10 Å². The number of hydrogen-bond donors (Lipinski definition) is 2. The number of nitrogens with one attached hydrogen (secondary N) is 1. The third-order valence-corrected chi connectivity index (χ3v) is 7.64. The largest absolute Gasteiger partial charge is 1.00 e. The van der Waals surface area contributed by atoms with Crippen molar-refractivity contribution in [2.45, 2.75) is 44.2 Å². The first-order chi connectivity index (χ1) is 17.6. The number of aromatic nitrogens is 2. The molecule has 1 saturated heterocycles. The van der Waals surface area contributed by atoms with Gasteiger partial charge < -0.3 is 22.4 Å². The molecule has 2 N–H and O–H groups in total. The number of nitrogens with zero attached hydrogens (tertiary/aromatic N) is 2. The van der Waals surface area contributed by atoms with Gasteiger partial charge in [-0.15, -0.1) is 0 Å². The molecule has 7 heteroatoms. The number of aliphatic hydroxyl groups is 1. The van der Waals surface area contributed by atoms with Crippen molar-refractivity contribution < 1.29 is 22.4 Å². The molecule has 1 aliphatic heterocycles. The molecule has 1 aromatic heterocycles. The summed E-state index contributed by atoms with van der Waals surface area (Å²) >= 11 is 6.08. The summed E-state index contributed by atoms with van der Waals surface area (Å²) in [4.78, 5) is 15.0. The Morgan fingerprint density at radius 2 is 1.65 bits per heavy atom. The van der Waals surface area contributed by atoms with Crippen LogP contribution in [0, 0.1) is 0 Å². The fourth-order valence-electron chi connectivity index (χ4n) is 5.35. The highest BCUT2D eigenvalue weighted by atomic mass is 35.5. The van der Waals surface area contributed by atoms with Gasteiger partial charge in [0.25, 0.3) is 5.56 Å². The van der Waals surface area contributed by atoms with E-state index in [1.807, 2.05) is 78.9 Å². The maximum Gasteiger partial charge on any atom is 0.274 e. The Balaban J connectivity index is 0.00000320. The van der Waals surface area contributed by atoms with E-state index in [0.29, 0.717) is 11.4 Å². The van der Waals surface area contributed by atoms with E-state index in [2.05, 4.69) is 0 Å². The molecule has 0 bridgehead atoms. The normalized spacial score (nSPS) is 18.6. The van der Waals surface area contributed by atoms with E-state index >= 15 is 0 Å². The monoisotopic (exact) mass is 537 g/mol. The molecule has 0 spiro atoms. The third-order valence-electron chi connectivity index (χ3n) is 7.39. The van der Waals surface area contributed by atoms with E-state index in [9.17, 15) is 9.90 Å². The molecule has 5 nitrogen and oxygen atoms in total. The molecule has 5 rings (SSSR count). The van der Waals surface area contributed by atoms with Crippen molar-refractivity contribution in [3.63, 3.8) is 0 Å². The molecule has 1 fully saturated rings. The second kappa shape index (κ2) is 12.7. The Labute approximate surface area is 229 Å². The molecule has 0 radical (unpaired) electrons. The fraction of sp³-hybridized carbons (Fsp3) is 0.333. The van der Waals surface area contributed by atoms with Crippen LogP contribution in [-0.4, -0.2) is 34.5 Å². The molecule has 1 aliphatic rings. The van der Waals surface area contributed by atoms with Gasteiger partial charge in [-0.2, -0.15) is 5.10 Å². The second-order valence-electron chi connectivity index (χ2n) is 9.85. The topological polar surface area (TPSA) is 59.6 Å². The molecule has 3 unspecified atom stereocenters. The maximum absolute atomic E-state index is 13.5. The van der Waals surface area contributed by atoms with Crippen LogP contribution in [0.3, 0.4) is 0 Å². The lowest BCUT2D eigenvalue weighted by Gasteiger charge is -2.20.